The SMILES string of the molecule is CCC1(C(=O)N2CCNCC2)COC1. The number of carbonyl (C=O) groups excluding carboxylic acids is 1. The van der Waals surface area contributed by atoms with Gasteiger partial charge in [-0.15, -0.1) is 0 Å². The second-order valence-electron chi connectivity index (χ2n) is 4.17. The van der Waals surface area contributed by atoms with E-state index in [-0.39, 0.29) is 5.41 Å². The molecular weight excluding hydrogens is 180 g/mol. The molecule has 0 bridgehead atoms. The normalized spacial score (nSPS) is 25.6. The summed E-state index contributed by atoms with van der Waals surface area (Å²) in [4.78, 5) is 14.1. The molecule has 4 heteroatoms. The van der Waals surface area contributed by atoms with Crippen LogP contribution < -0.4 is 5.32 Å². The minimum Gasteiger partial charge on any atom is -0.379 e. The van der Waals surface area contributed by atoms with E-state index < -0.39 is 0 Å². The van der Waals surface area contributed by atoms with Crippen molar-refractivity contribution in [3.05, 3.63) is 0 Å². The van der Waals surface area contributed by atoms with E-state index >= 15 is 0 Å². The molecule has 2 saturated heterocycles. The summed E-state index contributed by atoms with van der Waals surface area (Å²) in [5, 5.41) is 3.25. The van der Waals surface area contributed by atoms with Crippen LogP contribution in [0.25, 0.3) is 0 Å². The summed E-state index contributed by atoms with van der Waals surface area (Å²) >= 11 is 0. The van der Waals surface area contributed by atoms with Gasteiger partial charge in [-0.05, 0) is 6.42 Å². The van der Waals surface area contributed by atoms with Crippen LogP contribution in [0.1, 0.15) is 13.3 Å². The minimum atomic E-state index is -0.183. The van der Waals surface area contributed by atoms with Crippen LogP contribution in [0.4, 0.5) is 0 Å². The Bertz CT molecular complexity index is 215. The van der Waals surface area contributed by atoms with Gasteiger partial charge in [0.15, 0.2) is 0 Å². The largest absolute Gasteiger partial charge is 0.379 e. The lowest BCUT2D eigenvalue weighted by Gasteiger charge is -2.43. The summed E-state index contributed by atoms with van der Waals surface area (Å²) in [5.74, 6) is 0.299. The van der Waals surface area contributed by atoms with Crippen LogP contribution >= 0.6 is 0 Å². The van der Waals surface area contributed by atoms with Crippen LogP contribution in [-0.2, 0) is 9.53 Å². The molecule has 2 heterocycles. The smallest absolute Gasteiger partial charge is 0.233 e. The van der Waals surface area contributed by atoms with Crippen molar-refractivity contribution in [3.63, 3.8) is 0 Å². The Morgan fingerprint density at radius 3 is 2.50 bits per heavy atom. The first-order valence-electron chi connectivity index (χ1n) is 5.36. The predicted molar refractivity (Wildman–Crippen MR) is 53.0 cm³/mol. The topological polar surface area (TPSA) is 41.6 Å². The average Bonchev–Trinajstić information content (AvgIpc) is 2.18. The van der Waals surface area contributed by atoms with Gasteiger partial charge in [-0.3, -0.25) is 4.79 Å². The molecule has 80 valence electrons. The van der Waals surface area contributed by atoms with E-state index in [1.807, 2.05) is 4.90 Å². The van der Waals surface area contributed by atoms with E-state index in [0.29, 0.717) is 19.1 Å². The van der Waals surface area contributed by atoms with Crippen LogP contribution in [0.3, 0.4) is 0 Å². The van der Waals surface area contributed by atoms with Crippen molar-refractivity contribution in [1.82, 2.24) is 10.2 Å². The van der Waals surface area contributed by atoms with Gasteiger partial charge < -0.3 is 15.0 Å². The fourth-order valence-corrected chi connectivity index (χ4v) is 2.03. The molecule has 4 nitrogen and oxygen atoms in total. The first kappa shape index (κ1) is 9.93. The Morgan fingerprint density at radius 1 is 1.43 bits per heavy atom. The third kappa shape index (κ3) is 1.53. The Morgan fingerprint density at radius 2 is 2.07 bits per heavy atom. The standard InChI is InChI=1S/C10H18N2O2/c1-2-10(7-14-8-10)9(13)12-5-3-11-4-6-12/h11H,2-8H2,1H3. The second-order valence-corrected chi connectivity index (χ2v) is 4.17. The van der Waals surface area contributed by atoms with Crippen molar-refractivity contribution in [2.45, 2.75) is 13.3 Å². The molecule has 0 saturated carbocycles. The van der Waals surface area contributed by atoms with Gasteiger partial charge in [0.05, 0.1) is 18.6 Å². The highest BCUT2D eigenvalue weighted by Crippen LogP contribution is 2.33. The van der Waals surface area contributed by atoms with Crippen molar-refractivity contribution in [1.29, 1.82) is 0 Å². The van der Waals surface area contributed by atoms with Gasteiger partial charge in [0.1, 0.15) is 0 Å². The number of nitrogens with zero attached hydrogens (tertiary/aromatic N) is 1. The molecule has 0 aromatic rings. The molecule has 2 rings (SSSR count). The van der Waals surface area contributed by atoms with Crippen LogP contribution in [0.5, 0.6) is 0 Å². The molecule has 14 heavy (non-hydrogen) atoms. The van der Waals surface area contributed by atoms with Gasteiger partial charge in [-0.1, -0.05) is 6.92 Å². The third-order valence-corrected chi connectivity index (χ3v) is 3.29. The number of amides is 1. The maximum Gasteiger partial charge on any atom is 0.233 e. The molecule has 1 N–H and O–H groups in total. The molecule has 0 radical (unpaired) electrons. The van der Waals surface area contributed by atoms with Crippen LogP contribution in [0.2, 0.25) is 0 Å². The molecule has 1 amide bonds. The Labute approximate surface area is 84.6 Å². The van der Waals surface area contributed by atoms with Gasteiger partial charge in [0, 0.05) is 26.2 Å². The number of carbonyl (C=O) groups is 1. The highest BCUT2D eigenvalue weighted by Gasteiger charge is 2.46. The van der Waals surface area contributed by atoms with Crippen molar-refractivity contribution >= 4 is 5.91 Å². The van der Waals surface area contributed by atoms with E-state index in [1.54, 1.807) is 0 Å². The van der Waals surface area contributed by atoms with Crippen molar-refractivity contribution in [2.75, 3.05) is 39.4 Å². The molecule has 0 atom stereocenters. The first-order chi connectivity index (χ1) is 6.78. The maximum absolute atomic E-state index is 12.2. The number of rotatable bonds is 2. The van der Waals surface area contributed by atoms with Crippen LogP contribution in [0.15, 0.2) is 0 Å². The van der Waals surface area contributed by atoms with Crippen molar-refractivity contribution in [2.24, 2.45) is 5.41 Å². The minimum absolute atomic E-state index is 0.183. The van der Waals surface area contributed by atoms with E-state index in [1.165, 1.54) is 0 Å². The van der Waals surface area contributed by atoms with E-state index in [9.17, 15) is 4.79 Å². The van der Waals surface area contributed by atoms with Crippen LogP contribution in [0, 0.1) is 5.41 Å². The second kappa shape index (κ2) is 3.87. The molecule has 2 aliphatic rings. The van der Waals surface area contributed by atoms with Gasteiger partial charge in [0.25, 0.3) is 0 Å². The molecule has 0 aromatic carbocycles. The Kier molecular flexibility index (Phi) is 2.74. The van der Waals surface area contributed by atoms with E-state index in [4.69, 9.17) is 4.74 Å². The lowest BCUT2D eigenvalue weighted by Crippen LogP contribution is -2.58. The summed E-state index contributed by atoms with van der Waals surface area (Å²) in [6, 6.07) is 0. The number of ether oxygens (including phenoxy) is 1. The Hall–Kier alpha value is -0.610. The van der Waals surface area contributed by atoms with Crippen molar-refractivity contribution < 1.29 is 9.53 Å². The summed E-state index contributed by atoms with van der Waals surface area (Å²) in [7, 11) is 0. The molecule has 2 aliphatic heterocycles. The summed E-state index contributed by atoms with van der Waals surface area (Å²) in [6.45, 7) is 6.85. The third-order valence-electron chi connectivity index (χ3n) is 3.29. The summed E-state index contributed by atoms with van der Waals surface area (Å²) < 4.78 is 5.18. The molecule has 0 spiro atoms. The predicted octanol–water partition coefficient (Wildman–Crippen LogP) is -0.155. The average molecular weight is 198 g/mol. The zero-order valence-electron chi connectivity index (χ0n) is 8.71. The zero-order chi connectivity index (χ0) is 10.0. The van der Waals surface area contributed by atoms with Crippen molar-refractivity contribution in [3.8, 4) is 0 Å². The molecule has 2 fully saturated rings. The van der Waals surface area contributed by atoms with E-state index in [2.05, 4.69) is 12.2 Å². The quantitative estimate of drug-likeness (QED) is 0.670. The fraction of sp³-hybridized carbons (Fsp3) is 0.900. The first-order valence-corrected chi connectivity index (χ1v) is 5.36. The molecule has 0 aromatic heterocycles. The molecule has 0 aliphatic carbocycles. The fourth-order valence-electron chi connectivity index (χ4n) is 2.03. The zero-order valence-corrected chi connectivity index (χ0v) is 8.71. The lowest BCUT2D eigenvalue weighted by atomic mass is 9.81. The lowest BCUT2D eigenvalue weighted by molar-refractivity contribution is -0.173. The number of hydrogen-bond donors (Lipinski definition) is 1. The summed E-state index contributed by atoms with van der Waals surface area (Å²) in [6.07, 6.45) is 0.899. The molecule has 0 unspecified atom stereocenters. The monoisotopic (exact) mass is 198 g/mol. The maximum atomic E-state index is 12.2. The van der Waals surface area contributed by atoms with Gasteiger partial charge in [-0.25, -0.2) is 0 Å². The summed E-state index contributed by atoms with van der Waals surface area (Å²) in [5.41, 5.74) is -0.183. The number of piperazine rings is 1. The number of nitrogens with one attached hydrogen (secondary N) is 1. The van der Waals surface area contributed by atoms with Gasteiger partial charge >= 0.3 is 0 Å². The molecular formula is C10H18N2O2. The number of hydrogen-bond acceptors (Lipinski definition) is 3. The van der Waals surface area contributed by atoms with Gasteiger partial charge in [0.2, 0.25) is 5.91 Å². The Balaban J connectivity index is 1.98. The highest BCUT2D eigenvalue weighted by molar-refractivity contribution is 5.84. The highest BCUT2D eigenvalue weighted by atomic mass is 16.5. The van der Waals surface area contributed by atoms with E-state index in [0.717, 1.165) is 32.6 Å². The van der Waals surface area contributed by atoms with Gasteiger partial charge in [-0.2, -0.15) is 0 Å². The van der Waals surface area contributed by atoms with Crippen LogP contribution in [-0.4, -0.2) is 50.2 Å².